The van der Waals surface area contributed by atoms with Crippen molar-refractivity contribution in [3.63, 3.8) is 0 Å². The van der Waals surface area contributed by atoms with E-state index in [0.29, 0.717) is 0 Å². The molecule has 2 atom stereocenters. The van der Waals surface area contributed by atoms with Crippen molar-refractivity contribution >= 4 is 0 Å². The van der Waals surface area contributed by atoms with Gasteiger partial charge in [-0.3, -0.25) is 0 Å². The molecule has 0 aliphatic heterocycles. The van der Waals surface area contributed by atoms with Crippen LogP contribution in [0.1, 0.15) is 53.4 Å². The number of hydrogen-bond donors (Lipinski definition) is 0. The first-order chi connectivity index (χ1) is 5.65. The molecule has 0 spiro atoms. The number of hydrogen-bond acceptors (Lipinski definition) is 0. The second-order valence-electron chi connectivity index (χ2n) is 4.44. The van der Waals surface area contributed by atoms with Gasteiger partial charge < -0.3 is 0 Å². The Morgan fingerprint density at radius 3 is 2.67 bits per heavy atom. The van der Waals surface area contributed by atoms with E-state index in [0.717, 1.165) is 11.8 Å². The van der Waals surface area contributed by atoms with Crippen LogP contribution in [0.5, 0.6) is 0 Å². The molecular formula is C12H22. The molecule has 0 radical (unpaired) electrons. The Hall–Kier alpha value is -0.260. The van der Waals surface area contributed by atoms with E-state index in [-0.39, 0.29) is 0 Å². The van der Waals surface area contributed by atoms with Crippen molar-refractivity contribution in [1.29, 1.82) is 0 Å². The van der Waals surface area contributed by atoms with Crippen molar-refractivity contribution < 1.29 is 0 Å². The van der Waals surface area contributed by atoms with E-state index in [1.165, 1.54) is 25.7 Å². The predicted molar refractivity (Wildman–Crippen MR) is 55.2 cm³/mol. The molecule has 1 aliphatic carbocycles. The molecule has 0 saturated heterocycles. The molecule has 1 fully saturated rings. The lowest BCUT2D eigenvalue weighted by Crippen LogP contribution is -1.97. The summed E-state index contributed by atoms with van der Waals surface area (Å²) in [4.78, 5) is 0. The summed E-state index contributed by atoms with van der Waals surface area (Å²) in [5.41, 5.74) is 3.44. The molecule has 0 aromatic rings. The molecule has 12 heavy (non-hydrogen) atoms. The van der Waals surface area contributed by atoms with Gasteiger partial charge >= 0.3 is 0 Å². The zero-order valence-electron chi connectivity index (χ0n) is 8.98. The molecule has 1 aliphatic rings. The number of rotatable bonds is 2. The Morgan fingerprint density at radius 2 is 2.25 bits per heavy atom. The maximum atomic E-state index is 2.37. The van der Waals surface area contributed by atoms with E-state index >= 15 is 0 Å². The zero-order chi connectivity index (χ0) is 9.14. The molecule has 0 bridgehead atoms. The molecule has 0 heterocycles. The van der Waals surface area contributed by atoms with Crippen LogP contribution in [0.3, 0.4) is 0 Å². The molecule has 2 unspecified atom stereocenters. The summed E-state index contributed by atoms with van der Waals surface area (Å²) in [5, 5.41) is 0. The fraction of sp³-hybridized carbons (Fsp3) is 0.833. The van der Waals surface area contributed by atoms with E-state index in [1.54, 1.807) is 11.1 Å². The van der Waals surface area contributed by atoms with Gasteiger partial charge in [0, 0.05) is 0 Å². The molecule has 0 amide bonds. The van der Waals surface area contributed by atoms with Crippen molar-refractivity contribution in [2.75, 3.05) is 0 Å². The van der Waals surface area contributed by atoms with Crippen LogP contribution >= 0.6 is 0 Å². The SMILES string of the molecule is CCC(C)/C(C)=C1/CCC(C)C1. The monoisotopic (exact) mass is 166 g/mol. The topological polar surface area (TPSA) is 0 Å². The average molecular weight is 166 g/mol. The smallest absolute Gasteiger partial charge is 0.0234 e. The van der Waals surface area contributed by atoms with Gasteiger partial charge in [-0.2, -0.15) is 0 Å². The zero-order valence-corrected chi connectivity index (χ0v) is 8.98. The first-order valence-corrected chi connectivity index (χ1v) is 5.33. The molecule has 0 aromatic heterocycles. The quantitative estimate of drug-likeness (QED) is 0.540. The van der Waals surface area contributed by atoms with Crippen LogP contribution in [-0.2, 0) is 0 Å². The minimum atomic E-state index is 0.810. The summed E-state index contributed by atoms with van der Waals surface area (Å²) >= 11 is 0. The molecule has 0 N–H and O–H groups in total. The van der Waals surface area contributed by atoms with Crippen LogP contribution in [0.25, 0.3) is 0 Å². The Kier molecular flexibility index (Phi) is 3.37. The van der Waals surface area contributed by atoms with Crippen LogP contribution in [0.2, 0.25) is 0 Å². The fourth-order valence-corrected chi connectivity index (χ4v) is 2.06. The molecular weight excluding hydrogens is 144 g/mol. The van der Waals surface area contributed by atoms with Crippen LogP contribution in [0.15, 0.2) is 11.1 Å². The maximum Gasteiger partial charge on any atom is -0.0234 e. The normalized spacial score (nSPS) is 30.5. The minimum absolute atomic E-state index is 0.810. The summed E-state index contributed by atoms with van der Waals surface area (Å²) in [5.74, 6) is 1.75. The second-order valence-corrected chi connectivity index (χ2v) is 4.44. The van der Waals surface area contributed by atoms with Crippen molar-refractivity contribution in [2.24, 2.45) is 11.8 Å². The first-order valence-electron chi connectivity index (χ1n) is 5.33. The second kappa shape index (κ2) is 4.11. The van der Waals surface area contributed by atoms with Gasteiger partial charge in [-0.05, 0) is 44.4 Å². The fourth-order valence-electron chi connectivity index (χ4n) is 2.06. The lowest BCUT2D eigenvalue weighted by atomic mass is 9.94. The largest absolute Gasteiger partial charge is 0.0713 e. The standard InChI is InChI=1S/C12H22/c1-5-10(3)11(4)12-7-6-9(2)8-12/h9-10H,5-8H2,1-4H3/b12-11-. The van der Waals surface area contributed by atoms with Crippen molar-refractivity contribution in [3.8, 4) is 0 Å². The molecule has 0 nitrogen and oxygen atoms in total. The van der Waals surface area contributed by atoms with Gasteiger partial charge in [-0.1, -0.05) is 31.9 Å². The molecule has 0 aromatic carbocycles. The van der Waals surface area contributed by atoms with E-state index in [1.807, 2.05) is 0 Å². The van der Waals surface area contributed by atoms with E-state index < -0.39 is 0 Å². The highest BCUT2D eigenvalue weighted by atomic mass is 14.2. The Balaban J connectivity index is 2.64. The van der Waals surface area contributed by atoms with Gasteiger partial charge in [0.1, 0.15) is 0 Å². The van der Waals surface area contributed by atoms with Gasteiger partial charge in [0.05, 0.1) is 0 Å². The molecule has 1 rings (SSSR count). The highest BCUT2D eigenvalue weighted by Gasteiger charge is 2.18. The Morgan fingerprint density at radius 1 is 1.58 bits per heavy atom. The van der Waals surface area contributed by atoms with Gasteiger partial charge in [-0.15, -0.1) is 0 Å². The van der Waals surface area contributed by atoms with E-state index in [4.69, 9.17) is 0 Å². The lowest BCUT2D eigenvalue weighted by molar-refractivity contribution is 0.614. The third-order valence-corrected chi connectivity index (χ3v) is 3.44. The Labute approximate surface area is 77.1 Å². The van der Waals surface area contributed by atoms with Gasteiger partial charge in [0.15, 0.2) is 0 Å². The number of allylic oxidation sites excluding steroid dienone is 2. The van der Waals surface area contributed by atoms with Crippen molar-refractivity contribution in [1.82, 2.24) is 0 Å². The third-order valence-electron chi connectivity index (χ3n) is 3.44. The van der Waals surface area contributed by atoms with Crippen molar-refractivity contribution in [3.05, 3.63) is 11.1 Å². The summed E-state index contributed by atoms with van der Waals surface area (Å²) in [7, 11) is 0. The maximum absolute atomic E-state index is 2.37. The first kappa shape index (κ1) is 9.83. The van der Waals surface area contributed by atoms with Crippen LogP contribution in [0, 0.1) is 11.8 Å². The summed E-state index contributed by atoms with van der Waals surface area (Å²) in [6.07, 6.45) is 5.46. The lowest BCUT2D eigenvalue weighted by Gasteiger charge is -2.12. The summed E-state index contributed by atoms with van der Waals surface area (Å²) in [6, 6.07) is 0. The van der Waals surface area contributed by atoms with Gasteiger partial charge in [-0.25, -0.2) is 0 Å². The van der Waals surface area contributed by atoms with Crippen LogP contribution < -0.4 is 0 Å². The molecule has 0 heteroatoms. The van der Waals surface area contributed by atoms with Gasteiger partial charge in [0.2, 0.25) is 0 Å². The third kappa shape index (κ3) is 2.12. The predicted octanol–water partition coefficient (Wildman–Crippen LogP) is 4.17. The molecule has 1 saturated carbocycles. The Bertz CT molecular complexity index is 176. The highest BCUT2D eigenvalue weighted by molar-refractivity contribution is 5.17. The van der Waals surface area contributed by atoms with Gasteiger partial charge in [0.25, 0.3) is 0 Å². The minimum Gasteiger partial charge on any atom is -0.0713 e. The van der Waals surface area contributed by atoms with Crippen LogP contribution in [-0.4, -0.2) is 0 Å². The summed E-state index contributed by atoms with van der Waals surface area (Å²) in [6.45, 7) is 9.34. The summed E-state index contributed by atoms with van der Waals surface area (Å²) < 4.78 is 0. The van der Waals surface area contributed by atoms with E-state index in [9.17, 15) is 0 Å². The van der Waals surface area contributed by atoms with Crippen molar-refractivity contribution in [2.45, 2.75) is 53.4 Å². The van der Waals surface area contributed by atoms with Crippen LogP contribution in [0.4, 0.5) is 0 Å². The average Bonchev–Trinajstić information content (AvgIpc) is 2.49. The highest BCUT2D eigenvalue weighted by Crippen LogP contribution is 2.34. The molecule has 70 valence electrons. The van der Waals surface area contributed by atoms with E-state index in [2.05, 4.69) is 27.7 Å².